The molecule has 0 spiro atoms. The minimum atomic E-state index is -0.706. The van der Waals surface area contributed by atoms with E-state index < -0.39 is 5.60 Å². The second-order valence-electron chi connectivity index (χ2n) is 5.96. The number of carbonyl (C=O) groups excluding carboxylic acids is 1. The summed E-state index contributed by atoms with van der Waals surface area (Å²) >= 11 is 0. The highest BCUT2D eigenvalue weighted by molar-refractivity contribution is 5.76. The van der Waals surface area contributed by atoms with Crippen LogP contribution in [-0.4, -0.2) is 29.2 Å². The second-order valence-corrected chi connectivity index (χ2v) is 5.96. The highest BCUT2D eigenvalue weighted by atomic mass is 16.3. The molecular weight excluding hydrogens is 228 g/mol. The molecule has 18 heavy (non-hydrogen) atoms. The Morgan fingerprint density at radius 2 is 2.33 bits per heavy atom. The molecule has 0 aromatic heterocycles. The number of carbonyl (C=O) groups is 1. The summed E-state index contributed by atoms with van der Waals surface area (Å²) in [4.78, 5) is 11.7. The maximum atomic E-state index is 11.7. The third-order valence-electron chi connectivity index (χ3n) is 3.79. The molecule has 1 aliphatic carbocycles. The van der Waals surface area contributed by atoms with Crippen molar-refractivity contribution in [3.63, 3.8) is 0 Å². The smallest absolute Gasteiger partial charge is 0.221 e. The maximum Gasteiger partial charge on any atom is 0.221 e. The summed E-state index contributed by atoms with van der Waals surface area (Å²) in [5.74, 6) is 0.505. The van der Waals surface area contributed by atoms with Gasteiger partial charge in [0.25, 0.3) is 0 Å². The molecule has 1 amide bonds. The van der Waals surface area contributed by atoms with E-state index in [9.17, 15) is 9.90 Å². The van der Waals surface area contributed by atoms with Gasteiger partial charge in [-0.15, -0.1) is 0 Å². The van der Waals surface area contributed by atoms with E-state index in [0.717, 1.165) is 32.1 Å². The lowest BCUT2D eigenvalue weighted by atomic mass is 9.79. The van der Waals surface area contributed by atoms with Crippen LogP contribution in [0.5, 0.6) is 0 Å². The molecule has 0 radical (unpaired) electrons. The summed E-state index contributed by atoms with van der Waals surface area (Å²) in [7, 11) is 0. The Morgan fingerprint density at radius 1 is 1.61 bits per heavy atom. The lowest BCUT2D eigenvalue weighted by molar-refractivity contribution is -0.123. The minimum Gasteiger partial charge on any atom is -0.388 e. The highest BCUT2D eigenvalue weighted by Gasteiger charge is 2.32. The van der Waals surface area contributed by atoms with Gasteiger partial charge in [-0.3, -0.25) is 4.79 Å². The van der Waals surface area contributed by atoms with Crippen LogP contribution in [0.25, 0.3) is 0 Å². The molecular formula is C14H28N2O2. The normalized spacial score (nSPS) is 29.9. The fraction of sp³-hybridized carbons (Fsp3) is 0.929. The fourth-order valence-electron chi connectivity index (χ4n) is 2.84. The van der Waals surface area contributed by atoms with E-state index in [4.69, 9.17) is 5.73 Å². The SMILES string of the molecule is CCCC(N)CC(=O)NCC1(O)CCCC(C)C1. The van der Waals surface area contributed by atoms with Crippen molar-refractivity contribution < 1.29 is 9.90 Å². The van der Waals surface area contributed by atoms with Gasteiger partial charge in [-0.05, 0) is 25.2 Å². The molecule has 4 heteroatoms. The third kappa shape index (κ3) is 5.36. The second kappa shape index (κ2) is 7.10. The van der Waals surface area contributed by atoms with Crippen LogP contribution in [-0.2, 0) is 4.79 Å². The predicted molar refractivity (Wildman–Crippen MR) is 73.1 cm³/mol. The van der Waals surface area contributed by atoms with Crippen LogP contribution >= 0.6 is 0 Å². The van der Waals surface area contributed by atoms with Crippen LogP contribution in [0, 0.1) is 5.92 Å². The quantitative estimate of drug-likeness (QED) is 0.675. The summed E-state index contributed by atoms with van der Waals surface area (Å²) < 4.78 is 0. The topological polar surface area (TPSA) is 75.4 Å². The van der Waals surface area contributed by atoms with E-state index in [-0.39, 0.29) is 11.9 Å². The number of amides is 1. The monoisotopic (exact) mass is 256 g/mol. The first kappa shape index (κ1) is 15.4. The zero-order valence-electron chi connectivity index (χ0n) is 11.7. The molecule has 3 atom stereocenters. The van der Waals surface area contributed by atoms with Crippen LogP contribution in [0.2, 0.25) is 0 Å². The van der Waals surface area contributed by atoms with E-state index >= 15 is 0 Å². The minimum absolute atomic E-state index is 0.0393. The fourth-order valence-corrected chi connectivity index (χ4v) is 2.84. The molecule has 0 aliphatic heterocycles. The Morgan fingerprint density at radius 3 is 2.94 bits per heavy atom. The Labute approximate surface area is 110 Å². The zero-order chi connectivity index (χ0) is 13.6. The molecule has 4 nitrogen and oxygen atoms in total. The Balaban J connectivity index is 2.28. The standard InChI is InChI=1S/C14H28N2O2/c1-3-5-12(15)8-13(17)16-10-14(18)7-4-6-11(2)9-14/h11-12,18H,3-10,15H2,1-2H3,(H,16,17). The molecule has 0 heterocycles. The molecule has 0 saturated heterocycles. The molecule has 1 aliphatic rings. The number of hydrogen-bond donors (Lipinski definition) is 3. The van der Waals surface area contributed by atoms with Gasteiger partial charge in [-0.25, -0.2) is 0 Å². The number of nitrogens with one attached hydrogen (secondary N) is 1. The van der Waals surface area contributed by atoms with Crippen molar-refractivity contribution in [1.29, 1.82) is 0 Å². The average molecular weight is 256 g/mol. The van der Waals surface area contributed by atoms with Crippen molar-refractivity contribution in [2.75, 3.05) is 6.54 Å². The third-order valence-corrected chi connectivity index (χ3v) is 3.79. The van der Waals surface area contributed by atoms with E-state index in [0.29, 0.717) is 18.9 Å². The van der Waals surface area contributed by atoms with Crippen LogP contribution in [0.3, 0.4) is 0 Å². The first-order valence-electron chi connectivity index (χ1n) is 7.20. The molecule has 3 unspecified atom stereocenters. The summed E-state index contributed by atoms with van der Waals surface area (Å²) in [6.45, 7) is 4.59. The summed E-state index contributed by atoms with van der Waals surface area (Å²) in [6.07, 6.45) is 6.03. The molecule has 4 N–H and O–H groups in total. The Hall–Kier alpha value is -0.610. The van der Waals surface area contributed by atoms with Gasteiger partial charge in [-0.1, -0.05) is 33.1 Å². The first-order chi connectivity index (χ1) is 8.45. The van der Waals surface area contributed by atoms with E-state index in [1.54, 1.807) is 0 Å². The van der Waals surface area contributed by atoms with Gasteiger partial charge in [0.1, 0.15) is 0 Å². The van der Waals surface area contributed by atoms with Crippen molar-refractivity contribution in [3.05, 3.63) is 0 Å². The molecule has 1 rings (SSSR count). The van der Waals surface area contributed by atoms with E-state index in [2.05, 4.69) is 19.2 Å². The van der Waals surface area contributed by atoms with Gasteiger partial charge in [0.15, 0.2) is 0 Å². The van der Waals surface area contributed by atoms with Gasteiger partial charge < -0.3 is 16.2 Å². The van der Waals surface area contributed by atoms with Gasteiger partial charge in [0, 0.05) is 19.0 Å². The molecule has 0 aromatic carbocycles. The van der Waals surface area contributed by atoms with Crippen LogP contribution in [0.15, 0.2) is 0 Å². The lowest BCUT2D eigenvalue weighted by Gasteiger charge is -2.35. The van der Waals surface area contributed by atoms with Crippen molar-refractivity contribution in [1.82, 2.24) is 5.32 Å². The number of rotatable bonds is 6. The lowest BCUT2D eigenvalue weighted by Crippen LogP contribution is -2.46. The molecule has 0 aromatic rings. The summed E-state index contributed by atoms with van der Waals surface area (Å²) in [6, 6.07) is -0.0603. The Kier molecular flexibility index (Phi) is 6.09. The zero-order valence-corrected chi connectivity index (χ0v) is 11.7. The Bertz CT molecular complexity index is 271. The predicted octanol–water partition coefficient (Wildman–Crippen LogP) is 1.56. The summed E-state index contributed by atoms with van der Waals surface area (Å²) in [5, 5.41) is 13.2. The molecule has 1 saturated carbocycles. The van der Waals surface area contributed by atoms with Crippen LogP contribution in [0.1, 0.15) is 58.8 Å². The molecule has 106 valence electrons. The van der Waals surface area contributed by atoms with Crippen LogP contribution < -0.4 is 11.1 Å². The first-order valence-corrected chi connectivity index (χ1v) is 7.20. The van der Waals surface area contributed by atoms with Gasteiger partial charge >= 0.3 is 0 Å². The van der Waals surface area contributed by atoms with Crippen molar-refractivity contribution in [2.45, 2.75) is 70.4 Å². The number of aliphatic hydroxyl groups is 1. The van der Waals surface area contributed by atoms with E-state index in [1.807, 2.05) is 0 Å². The van der Waals surface area contributed by atoms with Crippen molar-refractivity contribution in [3.8, 4) is 0 Å². The van der Waals surface area contributed by atoms with Gasteiger partial charge in [0.05, 0.1) is 5.60 Å². The number of hydrogen-bond acceptors (Lipinski definition) is 3. The summed E-state index contributed by atoms with van der Waals surface area (Å²) in [5.41, 5.74) is 5.12. The maximum absolute atomic E-state index is 11.7. The van der Waals surface area contributed by atoms with Crippen LogP contribution in [0.4, 0.5) is 0 Å². The van der Waals surface area contributed by atoms with Crippen molar-refractivity contribution >= 4 is 5.91 Å². The van der Waals surface area contributed by atoms with Gasteiger partial charge in [-0.2, -0.15) is 0 Å². The highest BCUT2D eigenvalue weighted by Crippen LogP contribution is 2.31. The molecule has 1 fully saturated rings. The average Bonchev–Trinajstić information content (AvgIpc) is 2.26. The van der Waals surface area contributed by atoms with Crippen molar-refractivity contribution in [2.24, 2.45) is 11.7 Å². The molecule has 0 bridgehead atoms. The van der Waals surface area contributed by atoms with E-state index in [1.165, 1.54) is 6.42 Å². The largest absolute Gasteiger partial charge is 0.388 e. The van der Waals surface area contributed by atoms with Gasteiger partial charge in [0.2, 0.25) is 5.91 Å². The number of nitrogens with two attached hydrogens (primary N) is 1.